The summed E-state index contributed by atoms with van der Waals surface area (Å²) in [4.78, 5) is 27.2. The number of aliphatic carboxylic acids is 1. The molecule has 5 heteroatoms. The Hall–Kier alpha value is -2.04. The van der Waals surface area contributed by atoms with E-state index in [1.54, 1.807) is 15.9 Å². The molecule has 2 aliphatic rings. The lowest BCUT2D eigenvalue weighted by molar-refractivity contribution is -0.138. The number of hydrogen-bond donors (Lipinski definition) is 1. The number of carbonyl (C=O) groups is 2. The number of amides is 2. The minimum absolute atomic E-state index is 0.0614. The van der Waals surface area contributed by atoms with Crippen molar-refractivity contribution in [2.24, 2.45) is 0 Å². The molecule has 0 bridgehead atoms. The number of carboxylic acid groups (broad SMARTS) is 1. The first-order valence-corrected chi connectivity index (χ1v) is 6.56. The van der Waals surface area contributed by atoms with E-state index in [2.05, 4.69) is 0 Å². The molecule has 0 spiro atoms. The number of benzene rings is 1. The summed E-state index contributed by atoms with van der Waals surface area (Å²) in [6.07, 6.45) is 2.06. The van der Waals surface area contributed by atoms with Gasteiger partial charge in [0, 0.05) is 25.3 Å². The van der Waals surface area contributed by atoms with Crippen LogP contribution >= 0.6 is 0 Å². The summed E-state index contributed by atoms with van der Waals surface area (Å²) in [6, 6.07) is 7.22. The van der Waals surface area contributed by atoms with E-state index < -0.39 is 11.9 Å². The van der Waals surface area contributed by atoms with Gasteiger partial charge in [-0.25, -0.2) is 4.79 Å². The van der Waals surface area contributed by atoms with Crippen LogP contribution in [0.2, 0.25) is 0 Å². The number of nitrogens with zero attached hydrogens (tertiary/aromatic N) is 2. The summed E-state index contributed by atoms with van der Waals surface area (Å²) < 4.78 is 0. The molecule has 0 aliphatic carbocycles. The van der Waals surface area contributed by atoms with Crippen LogP contribution in [-0.2, 0) is 4.79 Å². The molecule has 2 heterocycles. The molecular weight excluding hydrogens is 244 g/mol. The van der Waals surface area contributed by atoms with Crippen LogP contribution in [0.4, 0.5) is 10.5 Å². The van der Waals surface area contributed by atoms with E-state index in [-0.39, 0.29) is 12.6 Å². The summed E-state index contributed by atoms with van der Waals surface area (Å²) in [5, 5.41) is 9.27. The molecule has 1 fully saturated rings. The summed E-state index contributed by atoms with van der Waals surface area (Å²) in [5.41, 5.74) is 1.48. The molecule has 1 saturated heterocycles. The number of urea groups is 1. The van der Waals surface area contributed by atoms with E-state index in [9.17, 15) is 14.7 Å². The topological polar surface area (TPSA) is 60.9 Å². The van der Waals surface area contributed by atoms with Gasteiger partial charge < -0.3 is 10.0 Å². The second-order valence-corrected chi connectivity index (χ2v) is 5.04. The van der Waals surface area contributed by atoms with Gasteiger partial charge in [0.15, 0.2) is 0 Å². The Labute approximate surface area is 111 Å². The highest BCUT2D eigenvalue weighted by molar-refractivity contribution is 5.98. The number of fused-ring (bicyclic) bond motifs is 1. The van der Waals surface area contributed by atoms with Crippen molar-refractivity contribution in [3.05, 3.63) is 29.8 Å². The van der Waals surface area contributed by atoms with Gasteiger partial charge in [-0.1, -0.05) is 18.2 Å². The highest BCUT2D eigenvalue weighted by Crippen LogP contribution is 2.37. The first kappa shape index (κ1) is 12.0. The lowest BCUT2D eigenvalue weighted by Crippen LogP contribution is -2.41. The zero-order valence-electron chi connectivity index (χ0n) is 10.6. The molecule has 100 valence electrons. The van der Waals surface area contributed by atoms with Crippen LogP contribution in [0.1, 0.15) is 24.3 Å². The van der Waals surface area contributed by atoms with Crippen LogP contribution in [0.3, 0.4) is 0 Å². The molecule has 1 aromatic rings. The molecule has 1 atom stereocenters. The highest BCUT2D eigenvalue weighted by Gasteiger charge is 2.38. The monoisotopic (exact) mass is 260 g/mol. The van der Waals surface area contributed by atoms with E-state index in [4.69, 9.17) is 0 Å². The molecule has 1 N–H and O–H groups in total. The highest BCUT2D eigenvalue weighted by atomic mass is 16.4. The van der Waals surface area contributed by atoms with Gasteiger partial charge in [0.1, 0.15) is 5.92 Å². The molecule has 2 amide bonds. The standard InChI is InChI=1S/C14H16N2O3/c17-13(18)11-9-16(12-6-2-1-5-10(11)12)14(19)15-7-3-4-8-15/h1-2,5-6,11H,3-4,7-9H2,(H,17,18). The smallest absolute Gasteiger partial charge is 0.324 e. The number of para-hydroxylation sites is 1. The van der Waals surface area contributed by atoms with Crippen LogP contribution < -0.4 is 4.90 Å². The average Bonchev–Trinajstić information content (AvgIpc) is 3.05. The molecular formula is C14H16N2O3. The number of hydrogen-bond acceptors (Lipinski definition) is 2. The van der Waals surface area contributed by atoms with Crippen molar-refractivity contribution in [2.45, 2.75) is 18.8 Å². The van der Waals surface area contributed by atoms with Crippen molar-refractivity contribution in [2.75, 3.05) is 24.5 Å². The number of anilines is 1. The fourth-order valence-electron chi connectivity index (χ4n) is 2.88. The first-order chi connectivity index (χ1) is 9.18. The van der Waals surface area contributed by atoms with Gasteiger partial charge >= 0.3 is 12.0 Å². The van der Waals surface area contributed by atoms with Gasteiger partial charge in [-0.15, -0.1) is 0 Å². The minimum Gasteiger partial charge on any atom is -0.481 e. The van der Waals surface area contributed by atoms with Gasteiger partial charge in [-0.05, 0) is 24.5 Å². The minimum atomic E-state index is -0.871. The zero-order valence-corrected chi connectivity index (χ0v) is 10.6. The maximum atomic E-state index is 12.4. The fourth-order valence-corrected chi connectivity index (χ4v) is 2.88. The lowest BCUT2D eigenvalue weighted by atomic mass is 10.0. The van der Waals surface area contributed by atoms with Crippen molar-refractivity contribution >= 4 is 17.7 Å². The molecule has 0 aromatic heterocycles. The average molecular weight is 260 g/mol. The molecule has 0 saturated carbocycles. The van der Waals surface area contributed by atoms with E-state index >= 15 is 0 Å². The summed E-state index contributed by atoms with van der Waals surface area (Å²) >= 11 is 0. The quantitative estimate of drug-likeness (QED) is 0.838. The Kier molecular flexibility index (Phi) is 2.89. The number of carbonyl (C=O) groups excluding carboxylic acids is 1. The second-order valence-electron chi connectivity index (χ2n) is 5.04. The maximum absolute atomic E-state index is 12.4. The number of rotatable bonds is 1. The van der Waals surface area contributed by atoms with Gasteiger partial charge in [0.05, 0.1) is 0 Å². The Bertz CT molecular complexity index is 523. The third-order valence-electron chi connectivity index (χ3n) is 3.87. The van der Waals surface area contributed by atoms with E-state index in [0.717, 1.165) is 37.2 Å². The molecule has 2 aliphatic heterocycles. The van der Waals surface area contributed by atoms with Gasteiger partial charge in [0.25, 0.3) is 0 Å². The lowest BCUT2D eigenvalue weighted by Gasteiger charge is -2.24. The summed E-state index contributed by atoms with van der Waals surface area (Å²) in [7, 11) is 0. The van der Waals surface area contributed by atoms with E-state index in [0.29, 0.717) is 0 Å². The normalized spacial score (nSPS) is 21.6. The van der Waals surface area contributed by atoms with Gasteiger partial charge in [-0.3, -0.25) is 9.69 Å². The van der Waals surface area contributed by atoms with Crippen LogP contribution in [0.15, 0.2) is 24.3 Å². The summed E-state index contributed by atoms with van der Waals surface area (Å²) in [5.74, 6) is -1.48. The third kappa shape index (κ3) is 1.95. The SMILES string of the molecule is O=C(O)C1CN(C(=O)N2CCCC2)c2ccccc21. The van der Waals surface area contributed by atoms with Gasteiger partial charge in [-0.2, -0.15) is 0 Å². The molecule has 0 radical (unpaired) electrons. The predicted molar refractivity (Wildman–Crippen MR) is 70.4 cm³/mol. The second kappa shape index (κ2) is 4.57. The Morgan fingerprint density at radius 1 is 1.16 bits per heavy atom. The molecule has 5 nitrogen and oxygen atoms in total. The molecule has 3 rings (SSSR count). The van der Waals surface area contributed by atoms with Crippen molar-refractivity contribution in [1.29, 1.82) is 0 Å². The van der Waals surface area contributed by atoms with Crippen LogP contribution in [0.5, 0.6) is 0 Å². The fraction of sp³-hybridized carbons (Fsp3) is 0.429. The number of likely N-dealkylation sites (tertiary alicyclic amines) is 1. The Morgan fingerprint density at radius 2 is 1.84 bits per heavy atom. The van der Waals surface area contributed by atoms with Crippen molar-refractivity contribution < 1.29 is 14.7 Å². The maximum Gasteiger partial charge on any atom is 0.324 e. The Balaban J connectivity index is 1.91. The largest absolute Gasteiger partial charge is 0.481 e. The van der Waals surface area contributed by atoms with Crippen molar-refractivity contribution in [3.63, 3.8) is 0 Å². The van der Waals surface area contributed by atoms with E-state index in [1.165, 1.54) is 0 Å². The zero-order chi connectivity index (χ0) is 13.4. The van der Waals surface area contributed by atoms with Crippen LogP contribution in [-0.4, -0.2) is 41.6 Å². The number of carboxylic acids is 1. The molecule has 1 aromatic carbocycles. The third-order valence-corrected chi connectivity index (χ3v) is 3.87. The van der Waals surface area contributed by atoms with Crippen molar-refractivity contribution in [3.8, 4) is 0 Å². The van der Waals surface area contributed by atoms with Crippen LogP contribution in [0, 0.1) is 0 Å². The molecule has 19 heavy (non-hydrogen) atoms. The van der Waals surface area contributed by atoms with Gasteiger partial charge in [0.2, 0.25) is 0 Å². The molecule has 1 unspecified atom stereocenters. The van der Waals surface area contributed by atoms with Crippen LogP contribution in [0.25, 0.3) is 0 Å². The first-order valence-electron chi connectivity index (χ1n) is 6.56. The van der Waals surface area contributed by atoms with Crippen molar-refractivity contribution in [1.82, 2.24) is 4.90 Å². The summed E-state index contributed by atoms with van der Waals surface area (Å²) in [6.45, 7) is 1.79. The predicted octanol–water partition coefficient (Wildman–Crippen LogP) is 1.89. The van der Waals surface area contributed by atoms with E-state index in [1.807, 2.05) is 18.2 Å². The Morgan fingerprint density at radius 3 is 2.53 bits per heavy atom.